The van der Waals surface area contributed by atoms with Gasteiger partial charge in [0.25, 0.3) is 0 Å². The van der Waals surface area contributed by atoms with Gasteiger partial charge in [0.2, 0.25) is 0 Å². The van der Waals surface area contributed by atoms with Crippen LogP contribution < -0.4 is 0 Å². The Morgan fingerprint density at radius 3 is 2.73 bits per heavy atom. The second kappa shape index (κ2) is 4.92. The van der Waals surface area contributed by atoms with Crippen LogP contribution in [0.25, 0.3) is 0 Å². The number of halogens is 2. The van der Waals surface area contributed by atoms with Gasteiger partial charge in [-0.2, -0.15) is 0 Å². The molecule has 1 aromatic rings. The molecule has 0 radical (unpaired) electrons. The van der Waals surface area contributed by atoms with Crippen molar-refractivity contribution in [3.8, 4) is 0 Å². The van der Waals surface area contributed by atoms with Crippen molar-refractivity contribution < 1.29 is 14.2 Å². The zero-order valence-electron chi connectivity index (χ0n) is 8.76. The highest BCUT2D eigenvalue weighted by molar-refractivity contribution is 6.30. The highest BCUT2D eigenvalue weighted by Crippen LogP contribution is 2.25. The zero-order chi connectivity index (χ0) is 11.5. The number of ether oxygens (including phenoxy) is 1. The van der Waals surface area contributed by atoms with Gasteiger partial charge >= 0.3 is 0 Å². The minimum absolute atomic E-state index is 0.0576. The van der Waals surface area contributed by atoms with Crippen LogP contribution in [0.2, 0.25) is 5.02 Å². The van der Waals surface area contributed by atoms with E-state index in [0.29, 0.717) is 11.6 Å². The van der Waals surface area contributed by atoms with E-state index in [0.717, 1.165) is 0 Å². The quantitative estimate of drug-likeness (QED) is 0.865. The fourth-order valence-electron chi connectivity index (χ4n) is 1.30. The van der Waals surface area contributed by atoms with Crippen LogP contribution in [0.3, 0.4) is 0 Å². The number of aliphatic hydroxyl groups is 1. The van der Waals surface area contributed by atoms with E-state index in [4.69, 9.17) is 16.3 Å². The first kappa shape index (κ1) is 12.4. The molecular weight excluding hydrogens is 219 g/mol. The lowest BCUT2D eigenvalue weighted by Crippen LogP contribution is -2.29. The first-order chi connectivity index (χ1) is 6.97. The Morgan fingerprint density at radius 2 is 2.20 bits per heavy atom. The van der Waals surface area contributed by atoms with E-state index in [-0.39, 0.29) is 12.2 Å². The molecule has 0 fully saturated rings. The van der Waals surface area contributed by atoms with Gasteiger partial charge in [-0.1, -0.05) is 17.7 Å². The smallest absolute Gasteiger partial charge is 0.130 e. The Bertz CT molecular complexity index is 339. The molecule has 15 heavy (non-hydrogen) atoms. The molecule has 1 rings (SSSR count). The fraction of sp³-hybridized carbons (Fsp3) is 0.455. The summed E-state index contributed by atoms with van der Waals surface area (Å²) in [6, 6.07) is 4.19. The summed E-state index contributed by atoms with van der Waals surface area (Å²) in [5.74, 6) is -0.521. The van der Waals surface area contributed by atoms with Crippen molar-refractivity contribution >= 4 is 11.6 Å². The van der Waals surface area contributed by atoms with Crippen molar-refractivity contribution in [1.82, 2.24) is 0 Å². The van der Waals surface area contributed by atoms with Crippen LogP contribution in [0.5, 0.6) is 0 Å². The SMILES string of the molecule is CCOCC(C)(O)c1ccc(Cl)cc1F. The summed E-state index contributed by atoms with van der Waals surface area (Å²) >= 11 is 5.62. The van der Waals surface area contributed by atoms with Gasteiger partial charge in [0.1, 0.15) is 11.4 Å². The average Bonchev–Trinajstić information content (AvgIpc) is 2.14. The number of rotatable bonds is 4. The van der Waals surface area contributed by atoms with Crippen molar-refractivity contribution in [2.75, 3.05) is 13.2 Å². The standard InChI is InChI=1S/C11H14ClFO2/c1-3-15-7-11(2,14)9-5-4-8(12)6-10(9)13/h4-6,14H,3,7H2,1-2H3. The lowest BCUT2D eigenvalue weighted by Gasteiger charge is -2.23. The molecule has 84 valence electrons. The van der Waals surface area contributed by atoms with Crippen LogP contribution in [0.4, 0.5) is 4.39 Å². The van der Waals surface area contributed by atoms with E-state index >= 15 is 0 Å². The Labute approximate surface area is 93.6 Å². The van der Waals surface area contributed by atoms with E-state index in [9.17, 15) is 9.50 Å². The van der Waals surface area contributed by atoms with E-state index in [1.54, 1.807) is 6.07 Å². The molecule has 1 aromatic carbocycles. The summed E-state index contributed by atoms with van der Waals surface area (Å²) in [4.78, 5) is 0. The number of benzene rings is 1. The lowest BCUT2D eigenvalue weighted by atomic mass is 9.96. The third kappa shape index (κ3) is 3.16. The molecule has 0 bridgehead atoms. The summed E-state index contributed by atoms with van der Waals surface area (Å²) in [6.45, 7) is 3.86. The van der Waals surface area contributed by atoms with Crippen molar-refractivity contribution in [1.29, 1.82) is 0 Å². The predicted octanol–water partition coefficient (Wildman–Crippen LogP) is 2.72. The third-order valence-electron chi connectivity index (χ3n) is 2.10. The maximum Gasteiger partial charge on any atom is 0.130 e. The van der Waals surface area contributed by atoms with Crippen molar-refractivity contribution in [2.24, 2.45) is 0 Å². The van der Waals surface area contributed by atoms with Gasteiger partial charge in [-0.3, -0.25) is 0 Å². The van der Waals surface area contributed by atoms with Gasteiger partial charge in [-0.15, -0.1) is 0 Å². The number of hydrogen-bond acceptors (Lipinski definition) is 2. The first-order valence-corrected chi connectivity index (χ1v) is 5.11. The topological polar surface area (TPSA) is 29.5 Å². The molecule has 1 N–H and O–H groups in total. The van der Waals surface area contributed by atoms with E-state index < -0.39 is 11.4 Å². The van der Waals surface area contributed by atoms with E-state index in [2.05, 4.69) is 0 Å². The second-order valence-corrected chi connectivity index (χ2v) is 3.97. The minimum atomic E-state index is -1.33. The van der Waals surface area contributed by atoms with E-state index in [1.165, 1.54) is 19.1 Å². The summed E-state index contributed by atoms with van der Waals surface area (Å²) in [6.07, 6.45) is 0. The average molecular weight is 233 g/mol. The molecular formula is C11H14ClFO2. The molecule has 4 heteroatoms. The molecule has 0 saturated heterocycles. The van der Waals surface area contributed by atoms with Gasteiger partial charge in [-0.05, 0) is 26.0 Å². The monoisotopic (exact) mass is 232 g/mol. The predicted molar refractivity (Wildman–Crippen MR) is 57.5 cm³/mol. The van der Waals surface area contributed by atoms with Crippen LogP contribution >= 0.6 is 11.6 Å². The molecule has 0 aliphatic heterocycles. The zero-order valence-corrected chi connectivity index (χ0v) is 9.51. The summed E-state index contributed by atoms with van der Waals surface area (Å²) < 4.78 is 18.6. The maximum absolute atomic E-state index is 13.5. The highest BCUT2D eigenvalue weighted by Gasteiger charge is 2.26. The second-order valence-electron chi connectivity index (χ2n) is 3.54. The third-order valence-corrected chi connectivity index (χ3v) is 2.33. The van der Waals surface area contributed by atoms with E-state index in [1.807, 2.05) is 6.92 Å². The van der Waals surface area contributed by atoms with Gasteiger partial charge in [0.15, 0.2) is 0 Å². The molecule has 0 spiro atoms. The molecule has 1 unspecified atom stereocenters. The maximum atomic E-state index is 13.5. The summed E-state index contributed by atoms with van der Waals surface area (Å²) in [5, 5.41) is 10.3. The van der Waals surface area contributed by atoms with Crippen LogP contribution in [0.15, 0.2) is 18.2 Å². The minimum Gasteiger partial charge on any atom is -0.383 e. The number of hydrogen-bond donors (Lipinski definition) is 1. The Morgan fingerprint density at radius 1 is 1.53 bits per heavy atom. The van der Waals surface area contributed by atoms with Gasteiger partial charge < -0.3 is 9.84 Å². The molecule has 2 nitrogen and oxygen atoms in total. The molecule has 0 aliphatic carbocycles. The summed E-state index contributed by atoms with van der Waals surface area (Å²) in [5.41, 5.74) is -1.13. The van der Waals surface area contributed by atoms with Crippen molar-refractivity contribution in [3.05, 3.63) is 34.6 Å². The highest BCUT2D eigenvalue weighted by atomic mass is 35.5. The molecule has 1 atom stereocenters. The largest absolute Gasteiger partial charge is 0.383 e. The molecule has 0 amide bonds. The Balaban J connectivity index is 2.93. The van der Waals surface area contributed by atoms with Crippen LogP contribution in [0, 0.1) is 5.82 Å². The van der Waals surface area contributed by atoms with Gasteiger partial charge in [0, 0.05) is 17.2 Å². The lowest BCUT2D eigenvalue weighted by molar-refractivity contribution is -0.0364. The first-order valence-electron chi connectivity index (χ1n) is 4.73. The molecule has 0 heterocycles. The van der Waals surface area contributed by atoms with Crippen molar-refractivity contribution in [3.63, 3.8) is 0 Å². The van der Waals surface area contributed by atoms with Crippen LogP contribution in [0.1, 0.15) is 19.4 Å². The van der Waals surface area contributed by atoms with Crippen LogP contribution in [-0.4, -0.2) is 18.3 Å². The fourth-order valence-corrected chi connectivity index (χ4v) is 1.46. The van der Waals surface area contributed by atoms with Crippen LogP contribution in [-0.2, 0) is 10.3 Å². The molecule has 0 aliphatic rings. The normalized spacial score (nSPS) is 15.0. The summed E-state index contributed by atoms with van der Waals surface area (Å²) in [7, 11) is 0. The Hall–Kier alpha value is -0.640. The Kier molecular flexibility index (Phi) is 4.08. The molecule has 0 saturated carbocycles. The molecule has 0 aromatic heterocycles. The van der Waals surface area contributed by atoms with Gasteiger partial charge in [0.05, 0.1) is 6.61 Å². The van der Waals surface area contributed by atoms with Crippen molar-refractivity contribution in [2.45, 2.75) is 19.4 Å². The van der Waals surface area contributed by atoms with Gasteiger partial charge in [-0.25, -0.2) is 4.39 Å².